The highest BCUT2D eigenvalue weighted by molar-refractivity contribution is 5.77. The molecule has 0 spiro atoms. The molecule has 0 aromatic heterocycles. The molecule has 0 aromatic carbocycles. The second-order valence-electron chi connectivity index (χ2n) is 6.13. The van der Waals surface area contributed by atoms with Gasteiger partial charge in [-0.1, -0.05) is 13.8 Å². The van der Waals surface area contributed by atoms with Crippen molar-refractivity contribution < 1.29 is 19.1 Å². The predicted octanol–water partition coefficient (Wildman–Crippen LogP) is 2.22. The topological polar surface area (TPSA) is 76.7 Å². The Morgan fingerprint density at radius 3 is 2.10 bits per heavy atom. The van der Waals surface area contributed by atoms with Gasteiger partial charge in [0.2, 0.25) is 5.91 Å². The van der Waals surface area contributed by atoms with Gasteiger partial charge in [-0.3, -0.25) is 4.79 Å². The van der Waals surface area contributed by atoms with Crippen LogP contribution in [0.1, 0.15) is 53.9 Å². The fourth-order valence-electron chi connectivity index (χ4n) is 1.83. The molecule has 0 aromatic rings. The molecule has 0 bridgehead atoms. The minimum atomic E-state index is -0.535. The lowest BCUT2D eigenvalue weighted by Crippen LogP contribution is -2.55. The summed E-state index contributed by atoms with van der Waals surface area (Å²) in [5, 5.41) is 5.73. The number of hydrogen-bond donors (Lipinski definition) is 2. The summed E-state index contributed by atoms with van der Waals surface area (Å²) in [5.74, 6) is -0.0773. The molecular weight excluding hydrogens is 272 g/mol. The zero-order valence-electron chi connectivity index (χ0n) is 14.2. The van der Waals surface area contributed by atoms with Gasteiger partial charge in [-0.05, 0) is 33.6 Å². The van der Waals surface area contributed by atoms with Gasteiger partial charge in [-0.2, -0.15) is 0 Å². The SMILES string of the molecule is CCC(CC)(CNC(=O)OC(C)(C)C)NC(=O)CCOC. The number of nitrogens with one attached hydrogen (secondary N) is 2. The number of rotatable bonds is 8. The molecule has 2 amide bonds. The Morgan fingerprint density at radius 1 is 1.10 bits per heavy atom. The van der Waals surface area contributed by atoms with Gasteiger partial charge in [0.25, 0.3) is 0 Å². The summed E-state index contributed by atoms with van der Waals surface area (Å²) in [6, 6.07) is 0. The normalized spacial score (nSPS) is 11.9. The highest BCUT2D eigenvalue weighted by Gasteiger charge is 2.29. The number of amides is 2. The first-order valence-electron chi connectivity index (χ1n) is 7.45. The van der Waals surface area contributed by atoms with Crippen molar-refractivity contribution in [2.75, 3.05) is 20.3 Å². The summed E-state index contributed by atoms with van der Waals surface area (Å²) in [6.07, 6.45) is 1.28. The van der Waals surface area contributed by atoms with Gasteiger partial charge < -0.3 is 20.1 Å². The summed E-state index contributed by atoms with van der Waals surface area (Å²) < 4.78 is 10.1. The quantitative estimate of drug-likeness (QED) is 0.721. The second kappa shape index (κ2) is 8.87. The average molecular weight is 302 g/mol. The number of methoxy groups -OCH3 is 1. The average Bonchev–Trinajstić information content (AvgIpc) is 2.39. The number of carbonyl (C=O) groups is 2. The first-order chi connectivity index (χ1) is 9.68. The van der Waals surface area contributed by atoms with Gasteiger partial charge in [0.05, 0.1) is 12.1 Å². The van der Waals surface area contributed by atoms with Crippen LogP contribution in [-0.2, 0) is 14.3 Å². The maximum absolute atomic E-state index is 11.9. The molecule has 0 radical (unpaired) electrons. The summed E-state index contributed by atoms with van der Waals surface area (Å²) in [4.78, 5) is 23.6. The number of carbonyl (C=O) groups excluding carboxylic acids is 2. The third-order valence-corrected chi connectivity index (χ3v) is 3.26. The van der Waals surface area contributed by atoms with Gasteiger partial charge in [-0.15, -0.1) is 0 Å². The Labute approximate surface area is 127 Å². The minimum absolute atomic E-state index is 0.0773. The van der Waals surface area contributed by atoms with Crippen LogP contribution in [0, 0.1) is 0 Å². The molecule has 0 unspecified atom stereocenters. The highest BCUT2D eigenvalue weighted by Crippen LogP contribution is 2.15. The van der Waals surface area contributed by atoms with E-state index in [-0.39, 0.29) is 5.91 Å². The third-order valence-electron chi connectivity index (χ3n) is 3.26. The van der Waals surface area contributed by atoms with E-state index in [0.717, 1.165) is 12.8 Å². The fraction of sp³-hybridized carbons (Fsp3) is 0.867. The fourth-order valence-corrected chi connectivity index (χ4v) is 1.83. The highest BCUT2D eigenvalue weighted by atomic mass is 16.6. The number of hydrogen-bond acceptors (Lipinski definition) is 4. The van der Waals surface area contributed by atoms with Crippen LogP contribution < -0.4 is 10.6 Å². The molecule has 6 heteroatoms. The van der Waals surface area contributed by atoms with E-state index in [1.165, 1.54) is 0 Å². The maximum atomic E-state index is 11.9. The lowest BCUT2D eigenvalue weighted by molar-refractivity contribution is -0.124. The second-order valence-corrected chi connectivity index (χ2v) is 6.13. The van der Waals surface area contributed by atoms with E-state index in [1.807, 2.05) is 34.6 Å². The molecule has 124 valence electrons. The molecule has 0 heterocycles. The predicted molar refractivity (Wildman–Crippen MR) is 82.2 cm³/mol. The van der Waals surface area contributed by atoms with Gasteiger partial charge >= 0.3 is 6.09 Å². The van der Waals surface area contributed by atoms with Gasteiger partial charge in [0.1, 0.15) is 5.60 Å². The Morgan fingerprint density at radius 2 is 1.67 bits per heavy atom. The van der Waals surface area contributed by atoms with E-state index in [9.17, 15) is 9.59 Å². The molecule has 6 nitrogen and oxygen atoms in total. The van der Waals surface area contributed by atoms with Crippen LogP contribution in [0.15, 0.2) is 0 Å². The van der Waals surface area contributed by atoms with Crippen molar-refractivity contribution in [1.29, 1.82) is 0 Å². The maximum Gasteiger partial charge on any atom is 0.407 e. The molecule has 0 saturated carbocycles. The van der Waals surface area contributed by atoms with Gasteiger partial charge in [-0.25, -0.2) is 4.79 Å². The summed E-state index contributed by atoms with van der Waals surface area (Å²) >= 11 is 0. The van der Waals surface area contributed by atoms with Crippen molar-refractivity contribution in [1.82, 2.24) is 10.6 Å². The monoisotopic (exact) mass is 302 g/mol. The van der Waals surface area contributed by atoms with Crippen molar-refractivity contribution >= 4 is 12.0 Å². The van der Waals surface area contributed by atoms with Crippen LogP contribution in [-0.4, -0.2) is 43.4 Å². The van der Waals surface area contributed by atoms with Crippen LogP contribution >= 0.6 is 0 Å². The first kappa shape index (κ1) is 19.7. The molecule has 0 rings (SSSR count). The Bertz CT molecular complexity index is 333. The van der Waals surface area contributed by atoms with Crippen molar-refractivity contribution in [3.05, 3.63) is 0 Å². The number of alkyl carbamates (subject to hydrolysis) is 1. The minimum Gasteiger partial charge on any atom is -0.444 e. The van der Waals surface area contributed by atoms with Crippen LogP contribution in [0.5, 0.6) is 0 Å². The molecular formula is C15H30N2O4. The first-order valence-corrected chi connectivity index (χ1v) is 7.45. The Hall–Kier alpha value is -1.30. The lowest BCUT2D eigenvalue weighted by Gasteiger charge is -2.33. The van der Waals surface area contributed by atoms with Gasteiger partial charge in [0.15, 0.2) is 0 Å². The van der Waals surface area contributed by atoms with Crippen LogP contribution in [0.4, 0.5) is 4.79 Å². The molecule has 0 fully saturated rings. The zero-order valence-corrected chi connectivity index (χ0v) is 14.2. The smallest absolute Gasteiger partial charge is 0.407 e. The Kier molecular flexibility index (Phi) is 8.32. The Balaban J connectivity index is 4.52. The zero-order chi connectivity index (χ0) is 16.5. The summed E-state index contributed by atoms with van der Waals surface area (Å²) in [6.45, 7) is 10.1. The summed E-state index contributed by atoms with van der Waals surface area (Å²) in [7, 11) is 1.56. The molecule has 0 atom stereocenters. The van der Waals surface area contributed by atoms with E-state index in [1.54, 1.807) is 7.11 Å². The van der Waals surface area contributed by atoms with E-state index in [0.29, 0.717) is 19.6 Å². The summed E-state index contributed by atoms with van der Waals surface area (Å²) in [5.41, 5.74) is -0.991. The van der Waals surface area contributed by atoms with E-state index >= 15 is 0 Å². The van der Waals surface area contributed by atoms with Crippen LogP contribution in [0.25, 0.3) is 0 Å². The third kappa shape index (κ3) is 8.55. The number of ether oxygens (including phenoxy) is 2. The van der Waals surface area contributed by atoms with Crippen molar-refractivity contribution in [2.24, 2.45) is 0 Å². The van der Waals surface area contributed by atoms with Crippen LogP contribution in [0.2, 0.25) is 0 Å². The van der Waals surface area contributed by atoms with Gasteiger partial charge in [0, 0.05) is 20.1 Å². The standard InChI is InChI=1S/C15H30N2O4/c1-7-15(8-2,17-12(18)9-10-20-6)11-16-13(19)21-14(3,4)5/h7-11H2,1-6H3,(H,16,19)(H,17,18). The molecule has 21 heavy (non-hydrogen) atoms. The van der Waals surface area contributed by atoms with E-state index < -0.39 is 17.2 Å². The van der Waals surface area contributed by atoms with E-state index in [2.05, 4.69) is 10.6 Å². The molecule has 0 aliphatic carbocycles. The lowest BCUT2D eigenvalue weighted by atomic mass is 9.92. The molecule has 2 N–H and O–H groups in total. The molecule has 0 aliphatic heterocycles. The molecule has 0 saturated heterocycles. The van der Waals surface area contributed by atoms with E-state index in [4.69, 9.17) is 9.47 Å². The van der Waals surface area contributed by atoms with Crippen molar-refractivity contribution in [3.63, 3.8) is 0 Å². The molecule has 0 aliphatic rings. The van der Waals surface area contributed by atoms with Crippen LogP contribution in [0.3, 0.4) is 0 Å². The van der Waals surface area contributed by atoms with Crippen molar-refractivity contribution in [2.45, 2.75) is 65.0 Å². The largest absolute Gasteiger partial charge is 0.444 e. The van der Waals surface area contributed by atoms with Crippen molar-refractivity contribution in [3.8, 4) is 0 Å².